The van der Waals surface area contributed by atoms with Crippen LogP contribution in [0.4, 0.5) is 16.3 Å². The first-order chi connectivity index (χ1) is 18.1. The third-order valence-corrected chi connectivity index (χ3v) is 7.28. The molecule has 1 unspecified atom stereocenters. The summed E-state index contributed by atoms with van der Waals surface area (Å²) in [5, 5.41) is 2.05. The zero-order chi connectivity index (χ0) is 27.3. The van der Waals surface area contributed by atoms with E-state index in [1.165, 1.54) is 0 Å². The average molecular weight is 536 g/mol. The van der Waals surface area contributed by atoms with Crippen molar-refractivity contribution < 1.29 is 14.3 Å². The van der Waals surface area contributed by atoms with Gasteiger partial charge in [-0.15, -0.1) is 11.3 Å². The molecular formula is C29H37N5O3S. The van der Waals surface area contributed by atoms with Gasteiger partial charge in [-0.25, -0.2) is 14.8 Å². The highest BCUT2D eigenvalue weighted by Crippen LogP contribution is 2.33. The molecule has 0 spiro atoms. The zero-order valence-corrected chi connectivity index (χ0v) is 23.7. The molecule has 3 heterocycles. The fourth-order valence-electron chi connectivity index (χ4n) is 4.29. The van der Waals surface area contributed by atoms with Gasteiger partial charge >= 0.3 is 6.09 Å². The molecular weight excluding hydrogens is 498 g/mol. The van der Waals surface area contributed by atoms with Crippen molar-refractivity contribution in [2.24, 2.45) is 0 Å². The molecule has 1 aliphatic rings. The van der Waals surface area contributed by atoms with Crippen molar-refractivity contribution in [3.05, 3.63) is 76.9 Å². The monoisotopic (exact) mass is 535 g/mol. The van der Waals surface area contributed by atoms with Crippen LogP contribution >= 0.6 is 11.3 Å². The van der Waals surface area contributed by atoms with Crippen molar-refractivity contribution in [1.82, 2.24) is 14.9 Å². The first-order valence-corrected chi connectivity index (χ1v) is 13.7. The molecule has 4 rings (SSSR count). The van der Waals surface area contributed by atoms with Gasteiger partial charge in [0.15, 0.2) is 0 Å². The van der Waals surface area contributed by atoms with Crippen molar-refractivity contribution in [3.63, 3.8) is 0 Å². The van der Waals surface area contributed by atoms with E-state index in [4.69, 9.17) is 9.47 Å². The Hall–Kier alpha value is -3.43. The molecule has 0 saturated carbocycles. The maximum atomic E-state index is 12.4. The number of hydrogen-bond acceptors (Lipinski definition) is 8. The van der Waals surface area contributed by atoms with E-state index in [2.05, 4.69) is 56.7 Å². The Bertz CT molecular complexity index is 1240. The Morgan fingerprint density at radius 3 is 2.79 bits per heavy atom. The number of thiophene rings is 1. The molecule has 3 aromatic rings. The normalized spacial score (nSPS) is 14.6. The standard InChI is InChI=1S/C29H37N5O3S/c1-21-24-18-30-20-31-27(24)32(5)14-15-34(21)23-10-7-9-22(17-23)19-36-25(26-11-8-16-38-26)12-13-33(6)28(35)37-29(2,3)4/h7-11,16-18,20,25H,1,12-15,19H2,2-6H3. The molecule has 0 saturated heterocycles. The number of benzene rings is 1. The van der Waals surface area contributed by atoms with E-state index in [9.17, 15) is 4.79 Å². The lowest BCUT2D eigenvalue weighted by atomic mass is 10.1. The number of ether oxygens (including phenoxy) is 2. The summed E-state index contributed by atoms with van der Waals surface area (Å²) in [5.41, 5.74) is 3.41. The van der Waals surface area contributed by atoms with Gasteiger partial charge in [0.1, 0.15) is 17.7 Å². The van der Waals surface area contributed by atoms with Crippen LogP contribution in [0.2, 0.25) is 0 Å². The van der Waals surface area contributed by atoms with Gasteiger partial charge in [0.25, 0.3) is 0 Å². The SMILES string of the molecule is C=C1c2cncnc2N(C)CCN1c1cccc(COC(CCN(C)C(=O)OC(C)(C)C)c2cccs2)c1. The number of aromatic nitrogens is 2. The lowest BCUT2D eigenvalue weighted by Crippen LogP contribution is -2.35. The van der Waals surface area contributed by atoms with Crippen molar-refractivity contribution >= 4 is 34.6 Å². The summed E-state index contributed by atoms with van der Waals surface area (Å²) < 4.78 is 11.9. The van der Waals surface area contributed by atoms with E-state index in [-0.39, 0.29) is 12.2 Å². The summed E-state index contributed by atoms with van der Waals surface area (Å²) in [6.07, 6.45) is 3.61. The first kappa shape index (κ1) is 27.6. The van der Waals surface area contributed by atoms with Gasteiger partial charge < -0.3 is 24.2 Å². The fourth-order valence-corrected chi connectivity index (χ4v) is 5.10. The molecule has 0 fully saturated rings. The molecule has 1 aromatic carbocycles. The number of hydrogen-bond donors (Lipinski definition) is 0. The summed E-state index contributed by atoms with van der Waals surface area (Å²) in [7, 11) is 3.80. The Kier molecular flexibility index (Phi) is 8.69. The van der Waals surface area contributed by atoms with Crippen molar-refractivity contribution in [3.8, 4) is 0 Å². The van der Waals surface area contributed by atoms with Crippen LogP contribution in [-0.2, 0) is 16.1 Å². The van der Waals surface area contributed by atoms with Crippen LogP contribution in [0, 0.1) is 0 Å². The van der Waals surface area contributed by atoms with Crippen LogP contribution in [0.3, 0.4) is 0 Å². The molecule has 0 radical (unpaired) electrons. The lowest BCUT2D eigenvalue weighted by molar-refractivity contribution is 0.0148. The Balaban J connectivity index is 1.44. The average Bonchev–Trinajstić information content (AvgIpc) is 3.38. The van der Waals surface area contributed by atoms with E-state index in [1.54, 1.807) is 29.6 Å². The Morgan fingerprint density at radius 2 is 2.05 bits per heavy atom. The second-order valence-corrected chi connectivity index (χ2v) is 11.4. The van der Waals surface area contributed by atoms with E-state index in [0.29, 0.717) is 19.6 Å². The number of carbonyl (C=O) groups is 1. The second-order valence-electron chi connectivity index (χ2n) is 10.5. The van der Waals surface area contributed by atoms with Crippen LogP contribution in [0.5, 0.6) is 0 Å². The number of fused-ring (bicyclic) bond motifs is 1. The van der Waals surface area contributed by atoms with E-state index in [0.717, 1.165) is 46.3 Å². The minimum atomic E-state index is -0.525. The number of nitrogens with zero attached hydrogens (tertiary/aromatic N) is 5. The minimum absolute atomic E-state index is 0.130. The molecule has 2 aromatic heterocycles. The number of likely N-dealkylation sites (N-methyl/N-ethyl adjacent to an activating group) is 1. The number of amides is 1. The second kappa shape index (κ2) is 12.0. The van der Waals surface area contributed by atoms with Crippen molar-refractivity contribution in [2.75, 3.05) is 43.5 Å². The van der Waals surface area contributed by atoms with Crippen LogP contribution < -0.4 is 9.80 Å². The Morgan fingerprint density at radius 1 is 1.24 bits per heavy atom. The summed E-state index contributed by atoms with van der Waals surface area (Å²) >= 11 is 1.66. The first-order valence-electron chi connectivity index (χ1n) is 12.8. The van der Waals surface area contributed by atoms with Crippen LogP contribution in [0.15, 0.2) is 60.9 Å². The highest BCUT2D eigenvalue weighted by Gasteiger charge is 2.24. The zero-order valence-electron chi connectivity index (χ0n) is 22.9. The molecule has 8 nitrogen and oxygen atoms in total. The lowest BCUT2D eigenvalue weighted by Gasteiger charge is -2.26. The Labute approximate surface area is 229 Å². The van der Waals surface area contributed by atoms with Gasteiger partial charge in [-0.1, -0.05) is 24.8 Å². The number of carbonyl (C=O) groups excluding carboxylic acids is 1. The van der Waals surface area contributed by atoms with Gasteiger partial charge in [0.2, 0.25) is 0 Å². The quantitative estimate of drug-likeness (QED) is 0.351. The van der Waals surface area contributed by atoms with Crippen molar-refractivity contribution in [2.45, 2.75) is 45.5 Å². The van der Waals surface area contributed by atoms with Gasteiger partial charge in [0, 0.05) is 56.2 Å². The molecule has 9 heteroatoms. The smallest absolute Gasteiger partial charge is 0.410 e. The summed E-state index contributed by atoms with van der Waals surface area (Å²) in [4.78, 5) is 28.2. The van der Waals surface area contributed by atoms with Gasteiger partial charge in [-0.3, -0.25) is 0 Å². The third-order valence-electron chi connectivity index (χ3n) is 6.31. The molecule has 38 heavy (non-hydrogen) atoms. The van der Waals surface area contributed by atoms with Gasteiger partial charge in [-0.05, 0) is 56.3 Å². The molecule has 0 N–H and O–H groups in total. The third kappa shape index (κ3) is 6.90. The van der Waals surface area contributed by atoms with Gasteiger partial charge in [-0.2, -0.15) is 0 Å². The molecule has 1 atom stereocenters. The molecule has 0 aliphatic carbocycles. The highest BCUT2D eigenvalue weighted by molar-refractivity contribution is 7.10. The fraction of sp³-hybridized carbons (Fsp3) is 0.414. The maximum absolute atomic E-state index is 12.4. The largest absolute Gasteiger partial charge is 0.444 e. The topological polar surface area (TPSA) is 71.0 Å². The molecule has 1 amide bonds. The van der Waals surface area contributed by atoms with Gasteiger partial charge in [0.05, 0.1) is 18.3 Å². The van der Waals surface area contributed by atoms with Crippen LogP contribution in [-0.4, -0.2) is 60.3 Å². The summed E-state index contributed by atoms with van der Waals surface area (Å²) in [6, 6.07) is 12.5. The maximum Gasteiger partial charge on any atom is 0.410 e. The summed E-state index contributed by atoms with van der Waals surface area (Å²) in [5.74, 6) is 0.891. The van der Waals surface area contributed by atoms with Crippen LogP contribution in [0.25, 0.3) is 5.70 Å². The van der Waals surface area contributed by atoms with E-state index < -0.39 is 5.60 Å². The number of rotatable bonds is 8. The number of anilines is 2. The van der Waals surface area contributed by atoms with E-state index in [1.807, 2.05) is 45.5 Å². The molecule has 202 valence electrons. The molecule has 1 aliphatic heterocycles. The molecule has 0 bridgehead atoms. The summed E-state index contributed by atoms with van der Waals surface area (Å²) in [6.45, 7) is 12.6. The van der Waals surface area contributed by atoms with Crippen LogP contribution in [0.1, 0.15) is 49.3 Å². The van der Waals surface area contributed by atoms with E-state index >= 15 is 0 Å². The highest BCUT2D eigenvalue weighted by atomic mass is 32.1. The van der Waals surface area contributed by atoms with Crippen molar-refractivity contribution in [1.29, 1.82) is 0 Å². The predicted octanol–water partition coefficient (Wildman–Crippen LogP) is 5.98. The minimum Gasteiger partial charge on any atom is -0.444 e. The predicted molar refractivity (Wildman–Crippen MR) is 153 cm³/mol.